The van der Waals surface area contributed by atoms with Crippen molar-refractivity contribution in [2.45, 2.75) is 12.1 Å². The Morgan fingerprint density at radius 2 is 2.06 bits per heavy atom. The summed E-state index contributed by atoms with van der Waals surface area (Å²) in [6.07, 6.45) is 2.00. The molecule has 158 valence electrons. The molecule has 10 heteroatoms. The van der Waals surface area contributed by atoms with Gasteiger partial charge < -0.3 is 9.67 Å². The first-order valence-corrected chi connectivity index (χ1v) is 10.3. The molecule has 2 N–H and O–H groups in total. The Labute approximate surface area is 181 Å². The van der Waals surface area contributed by atoms with Crippen LogP contribution in [-0.2, 0) is 16.7 Å². The zero-order chi connectivity index (χ0) is 22.1. The molecule has 0 aliphatic rings. The lowest BCUT2D eigenvalue weighted by Crippen LogP contribution is -2.02. The minimum Gasteiger partial charge on any atom is -0.481 e. The summed E-state index contributed by atoms with van der Waals surface area (Å²) in [6.45, 7) is 1.86. The number of carboxylic acid groups (broad SMARTS) is 1. The summed E-state index contributed by atoms with van der Waals surface area (Å²) >= 11 is 1.01. The number of carbonyl (C=O) groups is 1. The van der Waals surface area contributed by atoms with Gasteiger partial charge in [-0.2, -0.15) is 0 Å². The minimum atomic E-state index is -0.949. The fraction of sp³-hybridized carbons (Fsp3) is 0.190. The summed E-state index contributed by atoms with van der Waals surface area (Å²) in [4.78, 5) is 32.9. The zero-order valence-electron chi connectivity index (χ0n) is 17.1. The van der Waals surface area contributed by atoms with E-state index in [1.165, 1.54) is 7.11 Å². The number of fused-ring (bicyclic) bond motifs is 1. The Hall–Kier alpha value is -3.66. The number of nitrogens with zero attached hydrogens (tertiary/aromatic N) is 4. The number of rotatable bonds is 7. The van der Waals surface area contributed by atoms with E-state index in [1.54, 1.807) is 6.07 Å². The standard InChI is InChI=1S/C21H19N5O4S/c1-12-16(13-4-5-17-14(8-13)6-7-25(17)2)9-15(10-18(12)26(29)30-3)20-22-21(24-23-20)31-11-19(27)28/h4-10H,11H2,1-3H3,(H-,22,23,24,27,28)/p+1. The maximum Gasteiger partial charge on any atom is 0.320 e. The molecule has 0 saturated heterocycles. The van der Waals surface area contributed by atoms with Crippen molar-refractivity contribution in [3.63, 3.8) is 0 Å². The average Bonchev–Trinajstić information content (AvgIpc) is 3.38. The van der Waals surface area contributed by atoms with Crippen LogP contribution in [0.25, 0.3) is 33.4 Å². The molecule has 0 fully saturated rings. The lowest BCUT2D eigenvalue weighted by Gasteiger charge is -2.09. The number of aryl methyl sites for hydroxylation is 1. The van der Waals surface area contributed by atoms with E-state index in [1.807, 2.05) is 49.0 Å². The van der Waals surface area contributed by atoms with Crippen molar-refractivity contribution in [3.05, 3.63) is 53.1 Å². The number of benzene rings is 2. The molecule has 0 unspecified atom stereocenters. The molecule has 0 bridgehead atoms. The van der Waals surface area contributed by atoms with Crippen molar-refractivity contribution in [1.29, 1.82) is 0 Å². The highest BCUT2D eigenvalue weighted by Crippen LogP contribution is 2.36. The summed E-state index contributed by atoms with van der Waals surface area (Å²) in [5, 5.41) is 17.1. The second-order valence-electron chi connectivity index (χ2n) is 6.96. The third-order valence-electron chi connectivity index (χ3n) is 5.00. The normalized spacial score (nSPS) is 11.1. The van der Waals surface area contributed by atoms with E-state index in [0.717, 1.165) is 39.4 Å². The van der Waals surface area contributed by atoms with Crippen molar-refractivity contribution < 1.29 is 19.7 Å². The Morgan fingerprint density at radius 1 is 1.26 bits per heavy atom. The van der Waals surface area contributed by atoms with Crippen molar-refractivity contribution >= 4 is 34.3 Å². The average molecular weight is 438 g/mol. The van der Waals surface area contributed by atoms with Crippen LogP contribution in [-0.4, -0.2) is 48.6 Å². The van der Waals surface area contributed by atoms with Crippen molar-refractivity contribution in [3.8, 4) is 22.5 Å². The Balaban J connectivity index is 1.83. The number of aromatic amines is 1. The van der Waals surface area contributed by atoms with Gasteiger partial charge in [0.2, 0.25) is 5.16 Å². The van der Waals surface area contributed by atoms with E-state index in [0.29, 0.717) is 27.2 Å². The van der Waals surface area contributed by atoms with E-state index < -0.39 is 5.97 Å². The SMILES string of the molecule is CO[N+](=O)c1cc(-c2nc(SCC(=O)O)n[nH]2)cc(-c2ccc3c(ccn3C)c2)c1C. The van der Waals surface area contributed by atoms with Crippen LogP contribution in [0.15, 0.2) is 47.8 Å². The maximum atomic E-state index is 12.4. The molecule has 31 heavy (non-hydrogen) atoms. The van der Waals surface area contributed by atoms with Crippen LogP contribution in [0.5, 0.6) is 0 Å². The van der Waals surface area contributed by atoms with Crippen LogP contribution >= 0.6 is 11.8 Å². The van der Waals surface area contributed by atoms with E-state index in [-0.39, 0.29) is 5.75 Å². The number of H-pyrrole nitrogens is 1. The van der Waals surface area contributed by atoms with Gasteiger partial charge in [0.1, 0.15) is 0 Å². The summed E-state index contributed by atoms with van der Waals surface area (Å²) in [6, 6.07) is 11.8. The zero-order valence-corrected chi connectivity index (χ0v) is 17.9. The van der Waals surface area contributed by atoms with Gasteiger partial charge in [0.25, 0.3) is 4.92 Å². The number of aliphatic carboxylic acids is 1. The Morgan fingerprint density at radius 3 is 2.81 bits per heavy atom. The molecular formula is C21H20N5O4S+. The van der Waals surface area contributed by atoms with E-state index in [2.05, 4.69) is 21.2 Å². The summed E-state index contributed by atoms with van der Waals surface area (Å²) in [7, 11) is 3.30. The maximum absolute atomic E-state index is 12.4. The van der Waals surface area contributed by atoms with Crippen LogP contribution in [0.4, 0.5) is 5.69 Å². The third kappa shape index (κ3) is 4.02. The molecule has 4 rings (SSSR count). The lowest BCUT2D eigenvalue weighted by atomic mass is 9.95. The van der Waals surface area contributed by atoms with Gasteiger partial charge in [-0.25, -0.2) is 9.82 Å². The highest BCUT2D eigenvalue weighted by Gasteiger charge is 2.24. The molecule has 0 aliphatic carbocycles. The van der Waals surface area contributed by atoms with E-state index in [9.17, 15) is 9.70 Å². The number of hydrogen-bond donors (Lipinski definition) is 2. The highest BCUT2D eigenvalue weighted by molar-refractivity contribution is 7.99. The molecule has 0 spiro atoms. The van der Waals surface area contributed by atoms with Crippen LogP contribution in [0.3, 0.4) is 0 Å². The van der Waals surface area contributed by atoms with Gasteiger partial charge in [-0.1, -0.05) is 17.8 Å². The van der Waals surface area contributed by atoms with Gasteiger partial charge in [0.15, 0.2) is 12.9 Å². The lowest BCUT2D eigenvalue weighted by molar-refractivity contribution is -0.736. The molecule has 2 heterocycles. The second kappa shape index (κ2) is 8.23. The molecule has 4 aromatic rings. The topological polar surface area (TPSA) is 113 Å². The summed E-state index contributed by atoms with van der Waals surface area (Å²) < 4.78 is 2.04. The fourth-order valence-electron chi connectivity index (χ4n) is 3.44. The van der Waals surface area contributed by atoms with Gasteiger partial charge in [-0.05, 0) is 42.3 Å². The molecular weight excluding hydrogens is 418 g/mol. The number of aromatic nitrogens is 4. The quantitative estimate of drug-likeness (QED) is 0.330. The van der Waals surface area contributed by atoms with Gasteiger partial charge in [0.05, 0.1) is 10.7 Å². The number of hydrogen-bond acceptors (Lipinski definition) is 6. The molecule has 0 saturated carbocycles. The van der Waals surface area contributed by atoms with Gasteiger partial charge in [0, 0.05) is 41.3 Å². The third-order valence-corrected chi connectivity index (χ3v) is 5.83. The number of carboxylic acids is 1. The van der Waals surface area contributed by atoms with Crippen LogP contribution < -0.4 is 0 Å². The largest absolute Gasteiger partial charge is 0.481 e. The Bertz CT molecular complexity index is 1310. The van der Waals surface area contributed by atoms with Crippen molar-refractivity contribution in [2.24, 2.45) is 7.05 Å². The van der Waals surface area contributed by atoms with Gasteiger partial charge in [-0.3, -0.25) is 9.89 Å². The predicted octanol–water partition coefficient (Wildman–Crippen LogP) is 4.09. The molecule has 0 amide bonds. The second-order valence-corrected chi connectivity index (χ2v) is 7.90. The number of thioether (sulfide) groups is 1. The predicted molar refractivity (Wildman–Crippen MR) is 117 cm³/mol. The molecule has 0 aliphatic heterocycles. The van der Waals surface area contributed by atoms with Crippen LogP contribution in [0.2, 0.25) is 0 Å². The monoisotopic (exact) mass is 438 g/mol. The van der Waals surface area contributed by atoms with Crippen LogP contribution in [0.1, 0.15) is 5.56 Å². The van der Waals surface area contributed by atoms with Crippen molar-refractivity contribution in [2.75, 3.05) is 12.9 Å². The molecule has 0 radical (unpaired) electrons. The summed E-state index contributed by atoms with van der Waals surface area (Å²) in [5.74, 6) is -0.660. The van der Waals surface area contributed by atoms with E-state index in [4.69, 9.17) is 9.94 Å². The molecule has 2 aromatic heterocycles. The fourth-order valence-corrected chi connectivity index (χ4v) is 3.96. The van der Waals surface area contributed by atoms with Gasteiger partial charge in [-0.15, -0.1) is 5.10 Å². The first kappa shape index (κ1) is 20.6. The Kier molecular flexibility index (Phi) is 5.47. The van der Waals surface area contributed by atoms with E-state index >= 15 is 0 Å². The molecule has 2 aromatic carbocycles. The smallest absolute Gasteiger partial charge is 0.320 e. The minimum absolute atomic E-state index is 0.142. The first-order valence-electron chi connectivity index (χ1n) is 9.36. The first-order chi connectivity index (χ1) is 14.9. The summed E-state index contributed by atoms with van der Waals surface area (Å²) in [5.41, 5.74) is 4.65. The van der Waals surface area contributed by atoms with Gasteiger partial charge >= 0.3 is 11.7 Å². The van der Waals surface area contributed by atoms with Crippen molar-refractivity contribution in [1.82, 2.24) is 19.7 Å². The molecule has 9 nitrogen and oxygen atoms in total. The van der Waals surface area contributed by atoms with Crippen LogP contribution in [0, 0.1) is 11.8 Å². The number of nitrogens with one attached hydrogen (secondary N) is 1. The molecule has 0 atom stereocenters. The highest BCUT2D eigenvalue weighted by atomic mass is 32.2.